The van der Waals surface area contributed by atoms with E-state index in [1.807, 2.05) is 49.5 Å². The molecule has 0 aromatic carbocycles. The van der Waals surface area contributed by atoms with Gasteiger partial charge in [0.25, 0.3) is 5.91 Å². The second-order valence-electron chi connectivity index (χ2n) is 20.5. The molecule has 70 heavy (non-hydrogen) atoms. The van der Waals surface area contributed by atoms with E-state index in [-0.39, 0.29) is 25.3 Å². The van der Waals surface area contributed by atoms with Crippen molar-refractivity contribution >= 4 is 39.7 Å². The van der Waals surface area contributed by atoms with E-state index in [1.54, 1.807) is 27.0 Å². The Bertz CT molecular complexity index is 2490. The van der Waals surface area contributed by atoms with Crippen molar-refractivity contribution in [1.29, 1.82) is 0 Å². The van der Waals surface area contributed by atoms with Gasteiger partial charge in [-0.05, 0) is 113 Å². The summed E-state index contributed by atoms with van der Waals surface area (Å²) in [4.78, 5) is 65.6. The summed E-state index contributed by atoms with van der Waals surface area (Å²) in [5.41, 5.74) is 3.79. The number of nitrogens with one attached hydrogen (secondary N) is 4. The molecule has 4 heterocycles. The van der Waals surface area contributed by atoms with Gasteiger partial charge in [0.05, 0.1) is 43.2 Å². The number of nitrogens with zero attached hydrogens (tertiary/aromatic N) is 3. The molecule has 17 nitrogen and oxygen atoms in total. The summed E-state index contributed by atoms with van der Waals surface area (Å²) in [7, 11) is -2.53. The predicted octanol–water partition coefficient (Wildman–Crippen LogP) is 5.28. The Hall–Kier alpha value is -5.41. The van der Waals surface area contributed by atoms with Gasteiger partial charge in [-0.1, -0.05) is 44.2 Å². The van der Waals surface area contributed by atoms with Crippen LogP contribution in [-0.4, -0.2) is 128 Å². The smallest absolute Gasteiger partial charge is 0.427 e. The zero-order chi connectivity index (χ0) is 50.4. The number of hydrazine groups is 1. The number of sulfonamides is 1. The van der Waals surface area contributed by atoms with E-state index in [2.05, 4.69) is 31.9 Å². The summed E-state index contributed by atoms with van der Waals surface area (Å²) in [5.74, 6) is -2.98. The molecule has 0 radical (unpaired) electrons. The zero-order valence-electron chi connectivity index (χ0n) is 40.4. The largest absolute Gasteiger partial charge is 0.497 e. The van der Waals surface area contributed by atoms with Crippen LogP contribution in [0.5, 0.6) is 0 Å². The van der Waals surface area contributed by atoms with Gasteiger partial charge in [0.2, 0.25) is 33.3 Å². The molecule has 0 aromatic heterocycles. The SMILES string of the molecule is COC1=CC2=CC(=C3C=CC(N4CCOCC4)=CC3)N=C(O[C@@H]3C[C@H]4C(=O)N[C@]5(C(=O)NS(=O)(=O)C6(C)CC6)C[C@H]5/C=C\CC[C@H](C)C[C@@H](C)[C@H](NNC(=O)OC(C)(C)C(F)(F)F)C(=O)N4C3)C2C=C1. The number of hydrogen-bond acceptors (Lipinski definition) is 13. The third kappa shape index (κ3) is 10.8. The first-order valence-corrected chi connectivity index (χ1v) is 25.5. The van der Waals surface area contributed by atoms with Gasteiger partial charge in [-0.25, -0.2) is 23.6 Å². The van der Waals surface area contributed by atoms with Crippen molar-refractivity contribution in [3.05, 3.63) is 83.0 Å². The fraction of sp³-hybridized carbons (Fsp3) is 0.612. The van der Waals surface area contributed by atoms with E-state index in [1.165, 1.54) is 4.90 Å². The summed E-state index contributed by atoms with van der Waals surface area (Å²) in [6, 6.07) is -2.59. The molecule has 4 N–H and O–H groups in total. The summed E-state index contributed by atoms with van der Waals surface area (Å²) in [6.07, 6.45) is 13.2. The minimum absolute atomic E-state index is 0.00792. The molecule has 0 bridgehead atoms. The number of dihydropyridines is 1. The lowest BCUT2D eigenvalue weighted by Gasteiger charge is -2.33. The van der Waals surface area contributed by atoms with Crippen molar-refractivity contribution in [2.45, 2.75) is 126 Å². The normalized spacial score (nSPS) is 32.7. The van der Waals surface area contributed by atoms with E-state index >= 15 is 4.79 Å². The fourth-order valence-corrected chi connectivity index (χ4v) is 11.0. The van der Waals surface area contributed by atoms with Crippen LogP contribution in [0.2, 0.25) is 0 Å². The molecular formula is C49H64F3N7O10S. The number of allylic oxidation sites excluding steroid dienone is 8. The highest BCUT2D eigenvalue weighted by atomic mass is 32.2. The summed E-state index contributed by atoms with van der Waals surface area (Å²) >= 11 is 0. The van der Waals surface area contributed by atoms with Crippen LogP contribution in [0.15, 0.2) is 88.0 Å². The minimum atomic E-state index is -4.90. The van der Waals surface area contributed by atoms with E-state index in [0.29, 0.717) is 82.9 Å². The number of fused-ring (bicyclic) bond motifs is 3. The van der Waals surface area contributed by atoms with Gasteiger partial charge >= 0.3 is 12.3 Å². The number of rotatable bonds is 9. The average Bonchev–Trinajstić information content (AvgIpc) is 4.20. The molecular weight excluding hydrogens is 936 g/mol. The number of aliphatic imine (C=N–C) groups is 1. The van der Waals surface area contributed by atoms with Crippen molar-refractivity contribution in [2.75, 3.05) is 40.0 Å². The lowest BCUT2D eigenvalue weighted by Crippen LogP contribution is -2.61. The topological polar surface area (TPSA) is 206 Å². The first-order valence-electron chi connectivity index (χ1n) is 24.0. The van der Waals surface area contributed by atoms with Gasteiger partial charge in [-0.15, -0.1) is 0 Å². The molecule has 4 aliphatic carbocycles. The number of carbonyl (C=O) groups is 4. The van der Waals surface area contributed by atoms with Crippen molar-refractivity contribution in [3.63, 3.8) is 0 Å². The number of morpholine rings is 1. The van der Waals surface area contributed by atoms with Crippen LogP contribution in [0.3, 0.4) is 0 Å². The van der Waals surface area contributed by atoms with E-state index in [4.69, 9.17) is 23.9 Å². The van der Waals surface area contributed by atoms with Crippen molar-refractivity contribution in [1.82, 2.24) is 30.7 Å². The van der Waals surface area contributed by atoms with Crippen LogP contribution in [0.4, 0.5) is 18.0 Å². The van der Waals surface area contributed by atoms with Gasteiger partial charge < -0.3 is 34.1 Å². The van der Waals surface area contributed by atoms with Crippen LogP contribution in [0, 0.1) is 23.7 Å². The highest BCUT2D eigenvalue weighted by molar-refractivity contribution is 7.91. The maximum Gasteiger partial charge on any atom is 0.427 e. The Kier molecular flexibility index (Phi) is 14.3. The van der Waals surface area contributed by atoms with Gasteiger partial charge in [-0.2, -0.15) is 13.2 Å². The number of halogens is 3. The first-order chi connectivity index (χ1) is 33.0. The van der Waals surface area contributed by atoms with E-state index < -0.39 is 91.8 Å². The molecule has 382 valence electrons. The molecule has 2 saturated carbocycles. The van der Waals surface area contributed by atoms with Gasteiger partial charge in [-0.3, -0.25) is 24.5 Å². The van der Waals surface area contributed by atoms with Gasteiger partial charge in [0.1, 0.15) is 29.5 Å². The molecule has 4 fully saturated rings. The first kappa shape index (κ1) is 51.0. The third-order valence-electron chi connectivity index (χ3n) is 14.7. The number of hydrogen-bond donors (Lipinski definition) is 4. The van der Waals surface area contributed by atoms with Gasteiger partial charge in [0.15, 0.2) is 0 Å². The van der Waals surface area contributed by atoms with E-state index in [0.717, 1.165) is 29.9 Å². The van der Waals surface area contributed by atoms with Crippen LogP contribution in [0.25, 0.3) is 0 Å². The minimum Gasteiger partial charge on any atom is -0.497 e. The standard InChI is InChI=1S/C49H64F3N7O10S/c1-29-9-7-8-10-33-27-48(33,44(62)57-70(64,65)47(5)17-18-47)54-41(60)39-26-36(28-59(39)43(61)40(30(2)23-29)55-56-45(63)69-46(3,4)49(50,51)52)68-42-37-16-15-35(66-6)24-32(37)25-38(53-42)31-11-13-34(14-12-31)58-19-21-67-22-20-58/h8,10-11,13-16,24-25,29-30,33,36-37,39-40,55H,7,9,12,17-23,26-28H2,1-6H3,(H,54,60)(H,56,63)(H,57,62)/b10-8-,38-31?/t29-,30+,33+,36+,37?,39-,40-,48+/m0/s1. The van der Waals surface area contributed by atoms with Crippen LogP contribution >= 0.6 is 0 Å². The molecule has 8 atom stereocenters. The molecule has 2 saturated heterocycles. The van der Waals surface area contributed by atoms with E-state index in [9.17, 15) is 36.0 Å². The fourth-order valence-electron chi connectivity index (χ4n) is 9.73. The molecule has 0 spiro atoms. The lowest BCUT2D eigenvalue weighted by molar-refractivity contribution is -0.244. The monoisotopic (exact) mass is 999 g/mol. The number of ether oxygens (including phenoxy) is 4. The van der Waals surface area contributed by atoms with Crippen molar-refractivity contribution in [2.24, 2.45) is 28.7 Å². The van der Waals surface area contributed by atoms with Crippen molar-refractivity contribution in [3.8, 4) is 0 Å². The summed E-state index contributed by atoms with van der Waals surface area (Å²) < 4.78 is 91.7. The third-order valence-corrected chi connectivity index (χ3v) is 16.9. The maximum absolute atomic E-state index is 15.1. The molecule has 21 heteroatoms. The zero-order valence-corrected chi connectivity index (χ0v) is 41.2. The molecule has 4 amide bonds. The second-order valence-corrected chi connectivity index (χ2v) is 22.7. The Balaban J connectivity index is 1.11. The maximum atomic E-state index is 15.1. The van der Waals surface area contributed by atoms with Crippen LogP contribution < -0.4 is 20.9 Å². The Morgan fingerprint density at radius 1 is 1.03 bits per heavy atom. The van der Waals surface area contributed by atoms with Crippen LogP contribution in [-0.2, 0) is 43.4 Å². The highest BCUT2D eigenvalue weighted by Crippen LogP contribution is 2.48. The summed E-state index contributed by atoms with van der Waals surface area (Å²) in [5, 5.41) is 2.87. The van der Waals surface area contributed by atoms with Crippen molar-refractivity contribution < 1.29 is 59.7 Å². The number of carbonyl (C=O) groups excluding carboxylic acids is 4. The number of amides is 4. The molecule has 1 unspecified atom stereocenters. The lowest BCUT2D eigenvalue weighted by atomic mass is 9.88. The van der Waals surface area contributed by atoms with Gasteiger partial charge in [0, 0.05) is 31.1 Å². The number of methoxy groups -OCH3 is 1. The Morgan fingerprint density at radius 3 is 2.44 bits per heavy atom. The Morgan fingerprint density at radius 2 is 1.77 bits per heavy atom. The average molecular weight is 1000 g/mol. The molecule has 4 aliphatic heterocycles. The number of alkyl halides is 3. The second kappa shape index (κ2) is 19.7. The molecule has 0 aromatic rings. The summed E-state index contributed by atoms with van der Waals surface area (Å²) in [6.45, 7) is 9.37. The van der Waals surface area contributed by atoms with Crippen LogP contribution in [0.1, 0.15) is 86.0 Å². The Labute approximate surface area is 406 Å². The quantitative estimate of drug-likeness (QED) is 0.172. The molecule has 8 rings (SSSR count). The predicted molar refractivity (Wildman–Crippen MR) is 251 cm³/mol. The molecule has 8 aliphatic rings. The highest BCUT2D eigenvalue weighted by Gasteiger charge is 2.63.